The maximum Gasteiger partial charge on any atom is 0.338 e. The monoisotopic (exact) mass is 455 g/mol. The molecule has 0 spiro atoms. The number of piperidine rings is 1. The molecular weight excluding hydrogens is 430 g/mol. The number of aromatic nitrogens is 2. The summed E-state index contributed by atoms with van der Waals surface area (Å²) in [6.07, 6.45) is 2.01. The quantitative estimate of drug-likeness (QED) is 0.515. The molecule has 1 aliphatic heterocycles. The molecule has 0 amide bonds. The van der Waals surface area contributed by atoms with Gasteiger partial charge in [0, 0.05) is 18.7 Å². The van der Waals surface area contributed by atoms with Gasteiger partial charge in [0.25, 0.3) is 5.89 Å². The zero-order valence-electron chi connectivity index (χ0n) is 18.0. The van der Waals surface area contributed by atoms with E-state index in [2.05, 4.69) is 10.2 Å². The molecule has 0 aliphatic carbocycles. The third-order valence-corrected chi connectivity index (χ3v) is 7.33. The molecule has 2 heterocycles. The number of benzene rings is 2. The van der Waals surface area contributed by atoms with Crippen molar-refractivity contribution in [1.82, 2.24) is 14.5 Å². The number of hydrogen-bond acceptors (Lipinski definition) is 7. The van der Waals surface area contributed by atoms with Gasteiger partial charge in [0.1, 0.15) is 0 Å². The van der Waals surface area contributed by atoms with Crippen LogP contribution in [0.1, 0.15) is 54.1 Å². The molecule has 4 rings (SSSR count). The third-order valence-electron chi connectivity index (χ3n) is 5.41. The Balaban J connectivity index is 1.42. The first-order valence-corrected chi connectivity index (χ1v) is 12.0. The van der Waals surface area contributed by atoms with Gasteiger partial charge in [-0.3, -0.25) is 0 Å². The second-order valence-corrected chi connectivity index (χ2v) is 9.79. The number of nitrogens with zero attached hydrogens (tertiary/aromatic N) is 3. The fourth-order valence-corrected chi connectivity index (χ4v) is 5.03. The smallest absolute Gasteiger partial charge is 0.338 e. The Bertz CT molecular complexity index is 1180. The number of rotatable bonds is 6. The van der Waals surface area contributed by atoms with Crippen LogP contribution in [0.2, 0.25) is 0 Å². The molecule has 3 aromatic rings. The highest BCUT2D eigenvalue weighted by atomic mass is 32.2. The van der Waals surface area contributed by atoms with Crippen molar-refractivity contribution in [3.05, 3.63) is 65.5 Å². The van der Waals surface area contributed by atoms with E-state index in [0.29, 0.717) is 19.0 Å². The summed E-state index contributed by atoms with van der Waals surface area (Å²) in [5.74, 6) is -0.0806. The summed E-state index contributed by atoms with van der Waals surface area (Å²) in [4.78, 5) is 12.7. The Morgan fingerprint density at radius 1 is 1.00 bits per heavy atom. The normalized spacial score (nSPS) is 15.9. The average molecular weight is 456 g/mol. The van der Waals surface area contributed by atoms with Gasteiger partial charge >= 0.3 is 5.97 Å². The topological polar surface area (TPSA) is 103 Å². The molecule has 9 heteroatoms. The van der Waals surface area contributed by atoms with Crippen LogP contribution in [0.15, 0.2) is 57.8 Å². The number of hydrogen-bond donors (Lipinski definition) is 0. The summed E-state index contributed by atoms with van der Waals surface area (Å²) in [5, 5.41) is 8.00. The molecule has 0 saturated carbocycles. The first-order valence-electron chi connectivity index (χ1n) is 10.6. The van der Waals surface area contributed by atoms with Crippen LogP contribution in [0, 0.1) is 6.92 Å². The predicted octanol–water partition coefficient (Wildman–Crippen LogP) is 4.14. The van der Waals surface area contributed by atoms with Crippen molar-refractivity contribution in [2.45, 2.75) is 44.1 Å². The SMILES string of the molecule is Cc1ccc(-c2nnc([C@H](C)OC(=O)c3ccc(S(=O)(=O)N4CCCCC4)cc3)o2)cc1. The molecule has 1 saturated heterocycles. The molecule has 1 atom stereocenters. The van der Waals surface area contributed by atoms with Crippen LogP contribution in [0.4, 0.5) is 0 Å². The van der Waals surface area contributed by atoms with Crippen molar-refractivity contribution in [2.75, 3.05) is 13.1 Å². The van der Waals surface area contributed by atoms with E-state index in [-0.39, 0.29) is 16.3 Å². The van der Waals surface area contributed by atoms with E-state index in [1.54, 1.807) is 6.92 Å². The van der Waals surface area contributed by atoms with Crippen molar-refractivity contribution in [2.24, 2.45) is 0 Å². The first-order chi connectivity index (χ1) is 15.3. The molecule has 1 aliphatic rings. The van der Waals surface area contributed by atoms with Crippen molar-refractivity contribution in [3.63, 3.8) is 0 Å². The molecule has 2 aromatic carbocycles. The fraction of sp³-hybridized carbons (Fsp3) is 0.348. The first kappa shape index (κ1) is 22.2. The molecule has 168 valence electrons. The number of carbonyl (C=O) groups excluding carboxylic acids is 1. The largest absolute Gasteiger partial charge is 0.449 e. The minimum atomic E-state index is -3.55. The van der Waals surface area contributed by atoms with Crippen LogP contribution < -0.4 is 0 Å². The molecule has 8 nitrogen and oxygen atoms in total. The standard InChI is InChI=1S/C23H25N3O5S/c1-16-6-8-18(9-7-16)22-25-24-21(31-22)17(2)30-23(27)19-10-12-20(13-11-19)32(28,29)26-14-4-3-5-15-26/h6-13,17H,3-5,14-15H2,1-2H3/t17-/m0/s1. The molecule has 0 unspecified atom stereocenters. The van der Waals surface area contributed by atoms with Gasteiger partial charge in [0.15, 0.2) is 6.10 Å². The summed E-state index contributed by atoms with van der Waals surface area (Å²) in [7, 11) is -3.55. The van der Waals surface area contributed by atoms with E-state index in [1.807, 2.05) is 31.2 Å². The van der Waals surface area contributed by atoms with Crippen LogP contribution in [0.3, 0.4) is 0 Å². The Morgan fingerprint density at radius 2 is 1.66 bits per heavy atom. The van der Waals surface area contributed by atoms with Crippen LogP contribution in [0.5, 0.6) is 0 Å². The number of esters is 1. The van der Waals surface area contributed by atoms with Crippen molar-refractivity contribution in [3.8, 4) is 11.5 Å². The zero-order valence-corrected chi connectivity index (χ0v) is 18.8. The molecule has 1 aromatic heterocycles. The summed E-state index contributed by atoms with van der Waals surface area (Å²) in [6, 6.07) is 13.4. The van der Waals surface area contributed by atoms with Gasteiger partial charge in [-0.1, -0.05) is 24.1 Å². The van der Waals surface area contributed by atoms with E-state index >= 15 is 0 Å². The summed E-state index contributed by atoms with van der Waals surface area (Å²) in [6.45, 7) is 4.68. The molecular formula is C23H25N3O5S. The van der Waals surface area contributed by atoms with E-state index in [0.717, 1.165) is 30.4 Å². The van der Waals surface area contributed by atoms with Gasteiger partial charge in [-0.25, -0.2) is 13.2 Å². The highest BCUT2D eigenvalue weighted by molar-refractivity contribution is 7.89. The molecule has 0 radical (unpaired) electrons. The summed E-state index contributed by atoms with van der Waals surface area (Å²) in [5.41, 5.74) is 2.14. The maximum absolute atomic E-state index is 12.8. The predicted molar refractivity (Wildman–Crippen MR) is 117 cm³/mol. The molecule has 1 fully saturated rings. The maximum atomic E-state index is 12.8. The molecule has 32 heavy (non-hydrogen) atoms. The molecule has 0 bridgehead atoms. The van der Waals surface area contributed by atoms with Crippen LogP contribution in [-0.2, 0) is 14.8 Å². The molecule has 0 N–H and O–H groups in total. The number of ether oxygens (including phenoxy) is 1. The van der Waals surface area contributed by atoms with Gasteiger partial charge in [-0.15, -0.1) is 10.2 Å². The van der Waals surface area contributed by atoms with Gasteiger partial charge in [0.05, 0.1) is 10.5 Å². The number of sulfonamides is 1. The van der Waals surface area contributed by atoms with Gasteiger partial charge in [-0.2, -0.15) is 4.31 Å². The minimum absolute atomic E-state index is 0.170. The van der Waals surface area contributed by atoms with E-state index in [9.17, 15) is 13.2 Å². The van der Waals surface area contributed by atoms with Crippen molar-refractivity contribution in [1.29, 1.82) is 0 Å². The Kier molecular flexibility index (Phi) is 6.38. The van der Waals surface area contributed by atoms with E-state index in [1.165, 1.54) is 28.6 Å². The second-order valence-electron chi connectivity index (χ2n) is 7.85. The number of carbonyl (C=O) groups is 1. The van der Waals surface area contributed by atoms with E-state index in [4.69, 9.17) is 9.15 Å². The van der Waals surface area contributed by atoms with Crippen LogP contribution >= 0.6 is 0 Å². The van der Waals surface area contributed by atoms with Crippen molar-refractivity contribution < 1.29 is 22.4 Å². The Labute approximate surface area is 187 Å². The van der Waals surface area contributed by atoms with Crippen LogP contribution in [0.25, 0.3) is 11.5 Å². The second kappa shape index (κ2) is 9.22. The summed E-state index contributed by atoms with van der Waals surface area (Å²) >= 11 is 0. The average Bonchev–Trinajstić information content (AvgIpc) is 3.31. The van der Waals surface area contributed by atoms with E-state index < -0.39 is 22.1 Å². The van der Waals surface area contributed by atoms with Crippen molar-refractivity contribution >= 4 is 16.0 Å². The highest BCUT2D eigenvalue weighted by Gasteiger charge is 2.26. The van der Waals surface area contributed by atoms with Gasteiger partial charge < -0.3 is 9.15 Å². The third kappa shape index (κ3) is 4.73. The lowest BCUT2D eigenvalue weighted by molar-refractivity contribution is 0.0279. The Hall–Kier alpha value is -3.04. The Morgan fingerprint density at radius 3 is 2.31 bits per heavy atom. The van der Waals surface area contributed by atoms with Gasteiger partial charge in [0.2, 0.25) is 15.9 Å². The zero-order chi connectivity index (χ0) is 22.7. The highest BCUT2D eigenvalue weighted by Crippen LogP contribution is 2.24. The lowest BCUT2D eigenvalue weighted by atomic mass is 10.1. The number of aryl methyl sites for hydroxylation is 1. The van der Waals surface area contributed by atoms with Crippen LogP contribution in [-0.4, -0.2) is 42.0 Å². The van der Waals surface area contributed by atoms with Gasteiger partial charge in [-0.05, 0) is 63.1 Å². The summed E-state index contributed by atoms with van der Waals surface area (Å²) < 4.78 is 38.1. The lowest BCUT2D eigenvalue weighted by Crippen LogP contribution is -2.35. The minimum Gasteiger partial charge on any atom is -0.449 e. The lowest BCUT2D eigenvalue weighted by Gasteiger charge is -2.25. The fourth-order valence-electron chi connectivity index (χ4n) is 3.51.